The third kappa shape index (κ3) is 4.12. The van der Waals surface area contributed by atoms with Crippen molar-refractivity contribution < 1.29 is 4.79 Å². The van der Waals surface area contributed by atoms with Crippen LogP contribution in [0.4, 0.5) is 0 Å². The molecule has 0 bridgehead atoms. The highest BCUT2D eigenvalue weighted by atomic mass is 16.2. The third-order valence-corrected chi connectivity index (χ3v) is 7.24. The van der Waals surface area contributed by atoms with E-state index < -0.39 is 0 Å². The zero-order valence-corrected chi connectivity index (χ0v) is 19.9. The lowest BCUT2D eigenvalue weighted by molar-refractivity contribution is 0.0862. The number of nitrogens with zero attached hydrogens (tertiary/aromatic N) is 3. The zero-order valence-electron chi connectivity index (χ0n) is 19.9. The van der Waals surface area contributed by atoms with Crippen LogP contribution in [0.2, 0.25) is 0 Å². The Bertz CT molecular complexity index is 1300. The molecule has 5 rings (SSSR count). The van der Waals surface area contributed by atoms with Crippen molar-refractivity contribution in [2.75, 3.05) is 0 Å². The highest BCUT2D eigenvalue weighted by Crippen LogP contribution is 2.34. The van der Waals surface area contributed by atoms with Gasteiger partial charge in [0, 0.05) is 23.2 Å². The number of fused-ring (bicyclic) bond motifs is 3. The first-order valence-electron chi connectivity index (χ1n) is 12.1. The number of nitrogens with one attached hydrogen (secondary N) is 1. The molecular weight excluding hydrogens is 408 g/mol. The average Bonchev–Trinajstić information content (AvgIpc) is 3.25. The number of pyridine rings is 2. The molecule has 1 N–H and O–H groups in total. The van der Waals surface area contributed by atoms with E-state index in [1.165, 1.54) is 18.4 Å². The first-order valence-corrected chi connectivity index (χ1v) is 12.1. The van der Waals surface area contributed by atoms with Crippen LogP contribution in [0.3, 0.4) is 0 Å². The van der Waals surface area contributed by atoms with Gasteiger partial charge in [-0.05, 0) is 61.8 Å². The monoisotopic (exact) mass is 440 g/mol. The smallest absolute Gasteiger partial charge is 0.272 e. The van der Waals surface area contributed by atoms with E-state index in [9.17, 15) is 4.79 Å². The summed E-state index contributed by atoms with van der Waals surface area (Å²) in [6.07, 6.45) is 5.24. The summed E-state index contributed by atoms with van der Waals surface area (Å²) in [7, 11) is 0. The van der Waals surface area contributed by atoms with Crippen molar-refractivity contribution in [3.63, 3.8) is 0 Å². The third-order valence-electron chi connectivity index (χ3n) is 7.24. The number of hydrogen-bond acceptors (Lipinski definition) is 3. The second kappa shape index (κ2) is 8.62. The van der Waals surface area contributed by atoms with Gasteiger partial charge in [0.05, 0.1) is 16.7 Å². The van der Waals surface area contributed by atoms with Crippen LogP contribution >= 0.6 is 0 Å². The second-order valence-electron chi connectivity index (χ2n) is 10.1. The van der Waals surface area contributed by atoms with Gasteiger partial charge in [-0.25, -0.2) is 4.52 Å². The normalized spacial score (nSPS) is 21.1. The molecule has 1 fully saturated rings. The number of amides is 1. The maximum Gasteiger partial charge on any atom is 0.272 e. The Morgan fingerprint density at radius 1 is 1.12 bits per heavy atom. The van der Waals surface area contributed by atoms with Crippen LogP contribution in [0.1, 0.15) is 56.1 Å². The minimum Gasteiger partial charge on any atom is -0.348 e. The molecule has 3 atom stereocenters. The standard InChI is InChI=1S/C28H32N4O/c1-17(2)21-12-9-19(4)14-24(21)30-28(33)25-16-27-22-6-5-13-29-23(22)15-26(32(27)31-25)20-10-7-18(3)8-11-20/h5-8,10-11,13,15-17,19,21,24H,9,12,14H2,1-4H3,(H,30,33)/t19-,21?,24-/m1/s1. The van der Waals surface area contributed by atoms with Crippen LogP contribution in [0, 0.1) is 24.7 Å². The molecule has 1 aliphatic rings. The summed E-state index contributed by atoms with van der Waals surface area (Å²) in [5.74, 6) is 1.60. The van der Waals surface area contributed by atoms with Gasteiger partial charge >= 0.3 is 0 Å². The van der Waals surface area contributed by atoms with Crippen molar-refractivity contribution >= 4 is 22.3 Å². The number of carbonyl (C=O) groups is 1. The van der Waals surface area contributed by atoms with Gasteiger partial charge in [-0.15, -0.1) is 0 Å². The maximum absolute atomic E-state index is 13.4. The van der Waals surface area contributed by atoms with E-state index in [1.54, 1.807) is 6.20 Å². The predicted molar refractivity (Wildman–Crippen MR) is 133 cm³/mol. The molecule has 1 aromatic carbocycles. The highest BCUT2D eigenvalue weighted by molar-refractivity contribution is 6.00. The van der Waals surface area contributed by atoms with E-state index in [4.69, 9.17) is 5.10 Å². The molecule has 0 spiro atoms. The fourth-order valence-electron chi connectivity index (χ4n) is 5.35. The van der Waals surface area contributed by atoms with Gasteiger partial charge in [-0.1, -0.05) is 57.0 Å². The topological polar surface area (TPSA) is 59.3 Å². The number of aromatic nitrogens is 3. The fraction of sp³-hybridized carbons (Fsp3) is 0.393. The zero-order chi connectivity index (χ0) is 23.1. The van der Waals surface area contributed by atoms with Crippen LogP contribution < -0.4 is 5.32 Å². The summed E-state index contributed by atoms with van der Waals surface area (Å²) >= 11 is 0. The van der Waals surface area contributed by atoms with E-state index >= 15 is 0 Å². The Kier molecular flexibility index (Phi) is 5.65. The second-order valence-corrected chi connectivity index (χ2v) is 10.1. The van der Waals surface area contributed by atoms with Gasteiger partial charge in [-0.2, -0.15) is 5.10 Å². The number of benzene rings is 1. The molecule has 0 aliphatic heterocycles. The number of aryl methyl sites for hydroxylation is 1. The summed E-state index contributed by atoms with van der Waals surface area (Å²) in [5.41, 5.74) is 5.44. The molecule has 1 aliphatic carbocycles. The van der Waals surface area contributed by atoms with Crippen molar-refractivity contribution in [2.45, 2.75) is 53.0 Å². The molecule has 5 nitrogen and oxygen atoms in total. The largest absolute Gasteiger partial charge is 0.348 e. The molecular formula is C28H32N4O. The van der Waals surface area contributed by atoms with Gasteiger partial charge in [0.15, 0.2) is 5.69 Å². The van der Waals surface area contributed by atoms with Crippen LogP contribution in [0.25, 0.3) is 27.7 Å². The minimum atomic E-state index is -0.0876. The number of carbonyl (C=O) groups excluding carboxylic acids is 1. The van der Waals surface area contributed by atoms with Crippen LogP contribution in [0.15, 0.2) is 54.7 Å². The molecule has 5 heteroatoms. The first-order chi connectivity index (χ1) is 15.9. The SMILES string of the molecule is Cc1ccc(-c2cc3ncccc3c3cc(C(=O)N[C@@H]4C[C@H](C)CCC4C(C)C)nn23)cc1. The van der Waals surface area contributed by atoms with Gasteiger partial charge in [-0.3, -0.25) is 9.78 Å². The van der Waals surface area contributed by atoms with E-state index in [2.05, 4.69) is 68.3 Å². The lowest BCUT2D eigenvalue weighted by atomic mass is 9.74. The van der Waals surface area contributed by atoms with Crippen molar-refractivity contribution in [3.8, 4) is 11.3 Å². The lowest BCUT2D eigenvalue weighted by Gasteiger charge is -2.37. The molecule has 4 aromatic rings. The number of hydrogen-bond donors (Lipinski definition) is 1. The summed E-state index contributed by atoms with van der Waals surface area (Å²) in [6, 6.07) is 16.5. The summed E-state index contributed by atoms with van der Waals surface area (Å²) < 4.78 is 1.90. The Labute approximate surface area is 195 Å². The Balaban J connectivity index is 1.57. The molecule has 1 amide bonds. The van der Waals surface area contributed by atoms with Crippen molar-refractivity contribution in [3.05, 3.63) is 66.0 Å². The summed E-state index contributed by atoms with van der Waals surface area (Å²) in [6.45, 7) is 8.89. The quantitative estimate of drug-likeness (QED) is 0.420. The maximum atomic E-state index is 13.4. The molecule has 170 valence electrons. The molecule has 33 heavy (non-hydrogen) atoms. The Hall–Kier alpha value is -3.21. The molecule has 0 saturated heterocycles. The lowest BCUT2D eigenvalue weighted by Crippen LogP contribution is -2.45. The van der Waals surface area contributed by atoms with Crippen molar-refractivity contribution in [1.82, 2.24) is 19.9 Å². The van der Waals surface area contributed by atoms with Crippen molar-refractivity contribution in [2.24, 2.45) is 17.8 Å². The van der Waals surface area contributed by atoms with Crippen molar-refractivity contribution in [1.29, 1.82) is 0 Å². The predicted octanol–water partition coefficient (Wildman–Crippen LogP) is 6.05. The van der Waals surface area contributed by atoms with E-state index in [0.717, 1.165) is 34.1 Å². The minimum absolute atomic E-state index is 0.0876. The summed E-state index contributed by atoms with van der Waals surface area (Å²) in [5, 5.41) is 9.13. The van der Waals surface area contributed by atoms with E-state index in [-0.39, 0.29) is 11.9 Å². The highest BCUT2D eigenvalue weighted by Gasteiger charge is 2.32. The molecule has 0 radical (unpaired) electrons. The molecule has 3 heterocycles. The van der Waals surface area contributed by atoms with E-state index in [1.807, 2.05) is 22.7 Å². The van der Waals surface area contributed by atoms with Crippen LogP contribution in [0.5, 0.6) is 0 Å². The molecule has 1 saturated carbocycles. The van der Waals surface area contributed by atoms with Gasteiger partial charge in [0.25, 0.3) is 5.91 Å². The van der Waals surface area contributed by atoms with Crippen LogP contribution in [-0.2, 0) is 0 Å². The fourth-order valence-corrected chi connectivity index (χ4v) is 5.35. The first kappa shape index (κ1) is 21.6. The van der Waals surface area contributed by atoms with E-state index in [0.29, 0.717) is 23.4 Å². The van der Waals surface area contributed by atoms with Gasteiger partial charge in [0.1, 0.15) is 0 Å². The Morgan fingerprint density at radius 2 is 1.91 bits per heavy atom. The van der Waals surface area contributed by atoms with Crippen LogP contribution in [-0.4, -0.2) is 26.5 Å². The van der Waals surface area contributed by atoms with Gasteiger partial charge < -0.3 is 5.32 Å². The average molecular weight is 441 g/mol. The summed E-state index contributed by atoms with van der Waals surface area (Å²) in [4.78, 5) is 18.0. The van der Waals surface area contributed by atoms with Gasteiger partial charge in [0.2, 0.25) is 0 Å². The molecule has 3 aromatic heterocycles. The molecule has 1 unspecified atom stereocenters. The number of rotatable bonds is 4. The Morgan fingerprint density at radius 3 is 2.67 bits per heavy atom.